The molecule has 0 aliphatic carbocycles. The zero-order valence-corrected chi connectivity index (χ0v) is 9.25. The molecule has 2 aromatic rings. The third kappa shape index (κ3) is 1.70. The van der Waals surface area contributed by atoms with E-state index in [1.54, 1.807) is 0 Å². The van der Waals surface area contributed by atoms with Crippen molar-refractivity contribution < 1.29 is 0 Å². The molecule has 0 aromatic heterocycles. The Labute approximate surface area is 89.8 Å². The van der Waals surface area contributed by atoms with E-state index in [1.165, 1.54) is 16.5 Å². The first kappa shape index (κ1) is 9.41. The molecule has 0 heterocycles. The van der Waals surface area contributed by atoms with Crippen molar-refractivity contribution in [1.82, 2.24) is 0 Å². The molecule has 0 spiro atoms. The summed E-state index contributed by atoms with van der Waals surface area (Å²) in [7, 11) is 4.09. The lowest BCUT2D eigenvalue weighted by molar-refractivity contribution is 1.13. The van der Waals surface area contributed by atoms with Crippen LogP contribution < -0.4 is 4.90 Å². The second-order valence-electron chi connectivity index (χ2n) is 3.61. The van der Waals surface area contributed by atoms with Gasteiger partial charge in [0.25, 0.3) is 0 Å². The fourth-order valence-electron chi connectivity index (χ4n) is 1.50. The largest absolute Gasteiger partial charge is 0.378 e. The van der Waals surface area contributed by atoms with E-state index in [0.717, 1.165) is 4.90 Å². The summed E-state index contributed by atoms with van der Waals surface area (Å²) < 4.78 is 0. The third-order valence-corrected chi connectivity index (χ3v) is 2.60. The highest BCUT2D eigenvalue weighted by molar-refractivity contribution is 7.80. The van der Waals surface area contributed by atoms with Gasteiger partial charge in [0.1, 0.15) is 0 Å². The highest BCUT2D eigenvalue weighted by atomic mass is 32.1. The van der Waals surface area contributed by atoms with E-state index in [-0.39, 0.29) is 0 Å². The number of thiol groups is 1. The van der Waals surface area contributed by atoms with E-state index in [2.05, 4.69) is 47.9 Å². The van der Waals surface area contributed by atoms with Crippen LogP contribution >= 0.6 is 12.6 Å². The van der Waals surface area contributed by atoms with Crippen molar-refractivity contribution in [2.75, 3.05) is 19.0 Å². The maximum absolute atomic E-state index is 4.33. The lowest BCUT2D eigenvalue weighted by atomic mass is 10.1. The molecule has 72 valence electrons. The highest BCUT2D eigenvalue weighted by Gasteiger charge is 1.98. The van der Waals surface area contributed by atoms with E-state index in [1.807, 2.05) is 20.2 Å². The molecule has 0 bridgehead atoms. The molecule has 2 rings (SSSR count). The van der Waals surface area contributed by atoms with Gasteiger partial charge in [-0.1, -0.05) is 12.1 Å². The van der Waals surface area contributed by atoms with Crippen LogP contribution in [0, 0.1) is 0 Å². The van der Waals surface area contributed by atoms with Gasteiger partial charge in [-0.2, -0.15) is 0 Å². The zero-order valence-electron chi connectivity index (χ0n) is 8.36. The molecule has 0 saturated carbocycles. The van der Waals surface area contributed by atoms with Gasteiger partial charge >= 0.3 is 0 Å². The Hall–Kier alpha value is -1.15. The smallest absolute Gasteiger partial charge is 0.0367 e. The Morgan fingerprint density at radius 2 is 1.64 bits per heavy atom. The first-order chi connectivity index (χ1) is 6.66. The predicted molar refractivity (Wildman–Crippen MR) is 65.5 cm³/mol. The molecule has 0 fully saturated rings. The number of hydrogen-bond acceptors (Lipinski definition) is 2. The minimum atomic E-state index is 1.01. The molecule has 0 unspecified atom stereocenters. The Kier molecular flexibility index (Phi) is 2.38. The van der Waals surface area contributed by atoms with E-state index >= 15 is 0 Å². The SMILES string of the molecule is CN(C)c1ccc2ccc(S)cc2c1. The topological polar surface area (TPSA) is 3.24 Å². The summed E-state index contributed by atoms with van der Waals surface area (Å²) in [4.78, 5) is 3.11. The number of rotatable bonds is 1. The fraction of sp³-hybridized carbons (Fsp3) is 0.167. The van der Waals surface area contributed by atoms with Gasteiger partial charge in [-0.05, 0) is 35.0 Å². The Morgan fingerprint density at radius 1 is 0.929 bits per heavy atom. The van der Waals surface area contributed by atoms with Crippen LogP contribution in [-0.2, 0) is 0 Å². The second-order valence-corrected chi connectivity index (χ2v) is 4.13. The van der Waals surface area contributed by atoms with Crippen LogP contribution in [0.4, 0.5) is 5.69 Å². The van der Waals surface area contributed by atoms with Crippen molar-refractivity contribution in [2.45, 2.75) is 4.90 Å². The van der Waals surface area contributed by atoms with Gasteiger partial charge in [-0.3, -0.25) is 0 Å². The van der Waals surface area contributed by atoms with Crippen LogP contribution in [0.1, 0.15) is 0 Å². The molecule has 0 N–H and O–H groups in total. The average Bonchev–Trinajstić information content (AvgIpc) is 2.16. The molecule has 2 heteroatoms. The van der Waals surface area contributed by atoms with E-state index in [4.69, 9.17) is 0 Å². The van der Waals surface area contributed by atoms with Crippen molar-refractivity contribution in [3.05, 3.63) is 36.4 Å². The number of hydrogen-bond donors (Lipinski definition) is 1. The third-order valence-electron chi connectivity index (χ3n) is 2.32. The normalized spacial score (nSPS) is 10.5. The molecule has 0 saturated heterocycles. The number of nitrogens with zero attached hydrogens (tertiary/aromatic N) is 1. The second kappa shape index (κ2) is 3.54. The summed E-state index contributed by atoms with van der Waals surface area (Å²) >= 11 is 4.33. The van der Waals surface area contributed by atoms with Crippen LogP contribution in [0.2, 0.25) is 0 Å². The Balaban J connectivity index is 2.63. The molecule has 14 heavy (non-hydrogen) atoms. The zero-order chi connectivity index (χ0) is 10.1. The molecule has 1 nitrogen and oxygen atoms in total. The van der Waals surface area contributed by atoms with Crippen molar-refractivity contribution >= 4 is 29.1 Å². The quantitative estimate of drug-likeness (QED) is 0.697. The van der Waals surface area contributed by atoms with Crippen LogP contribution in [0.15, 0.2) is 41.3 Å². The fourth-order valence-corrected chi connectivity index (χ4v) is 1.71. The van der Waals surface area contributed by atoms with Gasteiger partial charge in [-0.25, -0.2) is 0 Å². The van der Waals surface area contributed by atoms with Gasteiger partial charge in [0.05, 0.1) is 0 Å². The van der Waals surface area contributed by atoms with Crippen molar-refractivity contribution in [3.8, 4) is 0 Å². The number of anilines is 1. The molecular formula is C12H13NS. The molecule has 0 amide bonds. The van der Waals surface area contributed by atoms with Crippen LogP contribution in [0.3, 0.4) is 0 Å². The van der Waals surface area contributed by atoms with Crippen molar-refractivity contribution in [2.24, 2.45) is 0 Å². The standard InChI is InChI=1S/C12H13NS/c1-13(2)11-5-3-9-4-6-12(14)8-10(9)7-11/h3-8,14H,1-2H3. The summed E-state index contributed by atoms with van der Waals surface area (Å²) in [6.45, 7) is 0. The molecule has 0 aliphatic heterocycles. The van der Waals surface area contributed by atoms with Gasteiger partial charge in [-0.15, -0.1) is 12.6 Å². The van der Waals surface area contributed by atoms with E-state index in [0.29, 0.717) is 0 Å². The van der Waals surface area contributed by atoms with Crippen LogP contribution in [0.5, 0.6) is 0 Å². The summed E-state index contributed by atoms with van der Waals surface area (Å²) in [5.41, 5.74) is 1.22. The minimum Gasteiger partial charge on any atom is -0.378 e. The lowest BCUT2D eigenvalue weighted by Crippen LogP contribution is -2.07. The number of benzene rings is 2. The van der Waals surface area contributed by atoms with Gasteiger partial charge in [0, 0.05) is 24.7 Å². The summed E-state index contributed by atoms with van der Waals surface area (Å²) in [6.07, 6.45) is 0. The summed E-state index contributed by atoms with van der Waals surface area (Å²) in [6, 6.07) is 12.6. The van der Waals surface area contributed by atoms with Crippen LogP contribution in [-0.4, -0.2) is 14.1 Å². The lowest BCUT2D eigenvalue weighted by Gasteiger charge is -2.13. The van der Waals surface area contributed by atoms with E-state index in [9.17, 15) is 0 Å². The molecule has 2 aromatic carbocycles. The van der Waals surface area contributed by atoms with Gasteiger partial charge in [0.15, 0.2) is 0 Å². The average molecular weight is 203 g/mol. The van der Waals surface area contributed by atoms with Crippen molar-refractivity contribution in [3.63, 3.8) is 0 Å². The maximum Gasteiger partial charge on any atom is 0.0367 e. The summed E-state index contributed by atoms with van der Waals surface area (Å²) in [5.74, 6) is 0. The first-order valence-electron chi connectivity index (χ1n) is 4.57. The molecular weight excluding hydrogens is 190 g/mol. The van der Waals surface area contributed by atoms with Crippen LogP contribution in [0.25, 0.3) is 10.8 Å². The summed E-state index contributed by atoms with van der Waals surface area (Å²) in [5, 5.41) is 2.50. The van der Waals surface area contributed by atoms with Gasteiger partial charge in [0.2, 0.25) is 0 Å². The monoisotopic (exact) mass is 203 g/mol. The van der Waals surface area contributed by atoms with Crippen molar-refractivity contribution in [1.29, 1.82) is 0 Å². The minimum absolute atomic E-state index is 1.01. The molecule has 0 radical (unpaired) electrons. The first-order valence-corrected chi connectivity index (χ1v) is 5.01. The predicted octanol–water partition coefficient (Wildman–Crippen LogP) is 3.19. The molecule has 0 atom stereocenters. The van der Waals surface area contributed by atoms with Gasteiger partial charge < -0.3 is 4.90 Å². The maximum atomic E-state index is 4.33. The Morgan fingerprint density at radius 3 is 2.36 bits per heavy atom. The van der Waals surface area contributed by atoms with E-state index < -0.39 is 0 Å². The highest BCUT2D eigenvalue weighted by Crippen LogP contribution is 2.23. The molecule has 0 aliphatic rings. The Bertz CT molecular complexity index is 463. The number of fused-ring (bicyclic) bond motifs is 1.